The molecule has 0 spiro atoms. The first-order chi connectivity index (χ1) is 13.8. The molecule has 0 aliphatic heterocycles. The molecular formula is C20H16Cl3FN4O. The summed E-state index contributed by atoms with van der Waals surface area (Å²) in [6.45, 7) is 2.07. The highest BCUT2D eigenvalue weighted by molar-refractivity contribution is 6.36. The van der Waals surface area contributed by atoms with Crippen LogP contribution in [0.3, 0.4) is 0 Å². The van der Waals surface area contributed by atoms with Crippen molar-refractivity contribution in [2.75, 3.05) is 0 Å². The Bertz CT molecular complexity index is 1040. The zero-order valence-corrected chi connectivity index (χ0v) is 17.6. The number of hydrazone groups is 1. The number of rotatable bonds is 6. The summed E-state index contributed by atoms with van der Waals surface area (Å²) in [6, 6.07) is 10.9. The van der Waals surface area contributed by atoms with Crippen LogP contribution in [-0.4, -0.2) is 21.9 Å². The number of carbonyl (C=O) groups excluding carboxylic acids is 1. The fourth-order valence-corrected chi connectivity index (χ4v) is 3.45. The quantitative estimate of drug-likeness (QED) is 0.420. The van der Waals surface area contributed by atoms with E-state index in [0.29, 0.717) is 44.1 Å². The minimum atomic E-state index is -0.354. The molecule has 1 heterocycles. The van der Waals surface area contributed by atoms with Crippen molar-refractivity contribution in [3.8, 4) is 0 Å². The lowest BCUT2D eigenvalue weighted by molar-refractivity contribution is -0.120. The minimum Gasteiger partial charge on any atom is -0.273 e. The van der Waals surface area contributed by atoms with Crippen molar-refractivity contribution in [3.05, 3.63) is 85.9 Å². The number of carbonyl (C=O) groups is 1. The Balaban J connectivity index is 1.68. The van der Waals surface area contributed by atoms with Crippen LogP contribution < -0.4 is 5.43 Å². The van der Waals surface area contributed by atoms with E-state index < -0.39 is 0 Å². The van der Waals surface area contributed by atoms with Crippen LogP contribution in [0.5, 0.6) is 0 Å². The summed E-state index contributed by atoms with van der Waals surface area (Å²) in [7, 11) is 0. The summed E-state index contributed by atoms with van der Waals surface area (Å²) in [5, 5.41) is 9.71. The highest BCUT2D eigenvalue weighted by atomic mass is 35.5. The predicted octanol–water partition coefficient (Wildman–Crippen LogP) is 5.03. The van der Waals surface area contributed by atoms with Crippen LogP contribution in [-0.2, 0) is 17.8 Å². The third-order valence-electron chi connectivity index (χ3n) is 4.14. The van der Waals surface area contributed by atoms with Gasteiger partial charge in [-0.2, -0.15) is 10.2 Å². The molecule has 0 unspecified atom stereocenters. The molecule has 2 aromatic carbocycles. The molecular weight excluding hydrogens is 438 g/mol. The van der Waals surface area contributed by atoms with E-state index in [9.17, 15) is 9.18 Å². The average Bonchev–Trinajstić information content (AvgIpc) is 2.94. The molecule has 0 aliphatic carbocycles. The van der Waals surface area contributed by atoms with E-state index in [0.717, 1.165) is 0 Å². The molecule has 3 rings (SSSR count). The Kier molecular flexibility index (Phi) is 6.90. The molecule has 0 atom stereocenters. The first kappa shape index (κ1) is 21.3. The minimum absolute atomic E-state index is 0.0780. The van der Waals surface area contributed by atoms with E-state index in [-0.39, 0.29) is 18.1 Å². The molecule has 1 N–H and O–H groups in total. The van der Waals surface area contributed by atoms with Gasteiger partial charge >= 0.3 is 0 Å². The fourth-order valence-electron chi connectivity index (χ4n) is 2.65. The molecule has 0 fully saturated rings. The maximum Gasteiger partial charge on any atom is 0.244 e. The average molecular weight is 454 g/mol. The van der Waals surface area contributed by atoms with Gasteiger partial charge in [-0.05, 0) is 36.8 Å². The molecule has 5 nitrogen and oxygen atoms in total. The van der Waals surface area contributed by atoms with Gasteiger partial charge in [-0.3, -0.25) is 4.79 Å². The number of hydrogen-bond donors (Lipinski definition) is 1. The third-order valence-corrected chi connectivity index (χ3v) is 5.25. The molecule has 1 aromatic heterocycles. The molecule has 3 aromatic rings. The Morgan fingerprint density at radius 1 is 1.17 bits per heavy atom. The van der Waals surface area contributed by atoms with E-state index in [2.05, 4.69) is 15.6 Å². The highest BCUT2D eigenvalue weighted by Gasteiger charge is 2.15. The van der Waals surface area contributed by atoms with E-state index >= 15 is 0 Å². The van der Waals surface area contributed by atoms with Crippen LogP contribution in [0.25, 0.3) is 0 Å². The summed E-state index contributed by atoms with van der Waals surface area (Å²) in [5.41, 5.74) is 5.01. The first-order valence-corrected chi connectivity index (χ1v) is 9.70. The zero-order valence-electron chi connectivity index (χ0n) is 15.3. The van der Waals surface area contributed by atoms with Crippen molar-refractivity contribution in [1.82, 2.24) is 15.2 Å². The Morgan fingerprint density at radius 3 is 2.48 bits per heavy atom. The zero-order chi connectivity index (χ0) is 21.0. The van der Waals surface area contributed by atoms with E-state index in [1.165, 1.54) is 18.3 Å². The van der Waals surface area contributed by atoms with Gasteiger partial charge in [0.2, 0.25) is 5.91 Å². The molecule has 0 radical (unpaired) electrons. The summed E-state index contributed by atoms with van der Waals surface area (Å²) in [4.78, 5) is 12.0. The van der Waals surface area contributed by atoms with Gasteiger partial charge in [-0.1, -0.05) is 53.0 Å². The molecule has 1 amide bonds. The van der Waals surface area contributed by atoms with Gasteiger partial charge in [-0.15, -0.1) is 0 Å². The lowest BCUT2D eigenvalue weighted by atomic mass is 10.1. The second-order valence-electron chi connectivity index (χ2n) is 6.24. The van der Waals surface area contributed by atoms with Crippen molar-refractivity contribution in [3.63, 3.8) is 0 Å². The van der Waals surface area contributed by atoms with Crippen LogP contribution in [0.2, 0.25) is 15.2 Å². The SMILES string of the molecule is Cc1nn(Cc2c(Cl)cccc2Cl)c(Cl)c1/C=N/NC(=O)Cc1ccc(F)cc1. The maximum absolute atomic E-state index is 12.9. The molecule has 0 bridgehead atoms. The number of halogens is 4. The number of nitrogens with zero attached hydrogens (tertiary/aromatic N) is 3. The summed E-state index contributed by atoms with van der Waals surface area (Å²) < 4.78 is 14.5. The largest absolute Gasteiger partial charge is 0.273 e. The maximum atomic E-state index is 12.9. The number of aryl methyl sites for hydroxylation is 1. The van der Waals surface area contributed by atoms with Gasteiger partial charge in [0.15, 0.2) is 0 Å². The number of aromatic nitrogens is 2. The topological polar surface area (TPSA) is 59.3 Å². The molecule has 29 heavy (non-hydrogen) atoms. The number of hydrogen-bond acceptors (Lipinski definition) is 3. The smallest absolute Gasteiger partial charge is 0.244 e. The summed E-state index contributed by atoms with van der Waals surface area (Å²) >= 11 is 18.8. The predicted molar refractivity (Wildman–Crippen MR) is 113 cm³/mol. The van der Waals surface area contributed by atoms with Crippen molar-refractivity contribution in [2.24, 2.45) is 5.10 Å². The van der Waals surface area contributed by atoms with Gasteiger partial charge in [0.1, 0.15) is 11.0 Å². The van der Waals surface area contributed by atoms with Crippen molar-refractivity contribution in [1.29, 1.82) is 0 Å². The van der Waals surface area contributed by atoms with Crippen LogP contribution in [0.15, 0.2) is 47.6 Å². The van der Waals surface area contributed by atoms with Crippen molar-refractivity contribution in [2.45, 2.75) is 19.9 Å². The van der Waals surface area contributed by atoms with Gasteiger partial charge in [-0.25, -0.2) is 14.5 Å². The Morgan fingerprint density at radius 2 is 1.83 bits per heavy atom. The fraction of sp³-hybridized carbons (Fsp3) is 0.150. The summed E-state index contributed by atoms with van der Waals surface area (Å²) in [5.74, 6) is -0.690. The van der Waals surface area contributed by atoms with Crippen LogP contribution in [0, 0.1) is 12.7 Å². The van der Waals surface area contributed by atoms with Crippen LogP contribution in [0.1, 0.15) is 22.4 Å². The number of benzene rings is 2. The second kappa shape index (κ2) is 9.39. The van der Waals surface area contributed by atoms with Crippen LogP contribution in [0.4, 0.5) is 4.39 Å². The van der Waals surface area contributed by atoms with Crippen molar-refractivity contribution < 1.29 is 9.18 Å². The monoisotopic (exact) mass is 452 g/mol. The highest BCUT2D eigenvalue weighted by Crippen LogP contribution is 2.27. The van der Waals surface area contributed by atoms with Gasteiger partial charge < -0.3 is 0 Å². The van der Waals surface area contributed by atoms with Gasteiger partial charge in [0.25, 0.3) is 0 Å². The first-order valence-electron chi connectivity index (χ1n) is 8.57. The molecule has 0 saturated heterocycles. The molecule has 9 heteroatoms. The van der Waals surface area contributed by atoms with Gasteiger partial charge in [0.05, 0.1) is 30.4 Å². The second-order valence-corrected chi connectivity index (χ2v) is 7.42. The summed E-state index contributed by atoms with van der Waals surface area (Å²) in [6.07, 6.45) is 1.51. The molecule has 0 aliphatic rings. The van der Waals surface area contributed by atoms with Crippen LogP contribution >= 0.6 is 34.8 Å². The van der Waals surface area contributed by atoms with E-state index in [1.807, 2.05) is 0 Å². The normalized spacial score (nSPS) is 11.2. The number of amides is 1. The Labute approximate surface area is 182 Å². The standard InChI is InChI=1S/C20H16Cl3FN4O/c1-12-15(10-25-26-19(29)9-13-5-7-14(24)8-6-13)20(23)28(27-12)11-16-17(21)3-2-4-18(16)22/h2-8,10H,9,11H2,1H3,(H,26,29)/b25-10+. The molecule has 150 valence electrons. The molecule has 0 saturated carbocycles. The lowest BCUT2D eigenvalue weighted by Crippen LogP contribution is -2.19. The van der Waals surface area contributed by atoms with E-state index in [4.69, 9.17) is 34.8 Å². The third kappa shape index (κ3) is 5.35. The number of nitrogens with one attached hydrogen (secondary N) is 1. The van der Waals surface area contributed by atoms with E-state index in [1.54, 1.807) is 41.9 Å². The van der Waals surface area contributed by atoms with Crippen molar-refractivity contribution >= 4 is 46.9 Å². The lowest BCUT2D eigenvalue weighted by Gasteiger charge is -2.08. The van der Waals surface area contributed by atoms with Gasteiger partial charge in [0, 0.05) is 15.6 Å². The Hall–Kier alpha value is -2.41.